The fraction of sp³-hybridized carbons (Fsp3) is 0.500. The van der Waals surface area contributed by atoms with Crippen LogP contribution in [0, 0.1) is 5.82 Å². The SMILES string of the molecule is CCOCCOc1cc(F)ccc1[C@H](C)O. The first-order valence-electron chi connectivity index (χ1n) is 5.33. The zero-order chi connectivity index (χ0) is 12.0. The van der Waals surface area contributed by atoms with Crippen molar-refractivity contribution in [1.29, 1.82) is 0 Å². The van der Waals surface area contributed by atoms with Crippen molar-refractivity contribution in [2.75, 3.05) is 19.8 Å². The van der Waals surface area contributed by atoms with Crippen LogP contribution in [0.4, 0.5) is 4.39 Å². The van der Waals surface area contributed by atoms with Crippen LogP contribution in [0.3, 0.4) is 0 Å². The van der Waals surface area contributed by atoms with Crippen LogP contribution in [-0.2, 0) is 4.74 Å². The third kappa shape index (κ3) is 3.79. The summed E-state index contributed by atoms with van der Waals surface area (Å²) in [6.07, 6.45) is -0.678. The minimum absolute atomic E-state index is 0.344. The number of aliphatic hydroxyl groups is 1. The molecule has 4 heteroatoms. The molecule has 1 rings (SSSR count). The topological polar surface area (TPSA) is 38.7 Å². The van der Waals surface area contributed by atoms with Crippen molar-refractivity contribution in [3.8, 4) is 5.75 Å². The van der Waals surface area contributed by atoms with Gasteiger partial charge in [-0.05, 0) is 26.0 Å². The van der Waals surface area contributed by atoms with Crippen molar-refractivity contribution in [2.24, 2.45) is 0 Å². The van der Waals surface area contributed by atoms with Crippen LogP contribution in [0.2, 0.25) is 0 Å². The van der Waals surface area contributed by atoms with Crippen molar-refractivity contribution < 1.29 is 19.0 Å². The van der Waals surface area contributed by atoms with Crippen molar-refractivity contribution in [1.82, 2.24) is 0 Å². The van der Waals surface area contributed by atoms with Crippen LogP contribution < -0.4 is 4.74 Å². The fourth-order valence-electron chi connectivity index (χ4n) is 1.33. The van der Waals surface area contributed by atoms with Gasteiger partial charge in [0.05, 0.1) is 12.7 Å². The molecule has 1 aromatic carbocycles. The average molecular weight is 228 g/mol. The van der Waals surface area contributed by atoms with Crippen LogP contribution >= 0.6 is 0 Å². The molecule has 1 N–H and O–H groups in total. The Kier molecular flexibility index (Phi) is 5.22. The van der Waals surface area contributed by atoms with E-state index in [1.165, 1.54) is 18.2 Å². The predicted octanol–water partition coefficient (Wildman–Crippen LogP) is 2.29. The first kappa shape index (κ1) is 12.9. The molecule has 0 fully saturated rings. The van der Waals surface area contributed by atoms with Gasteiger partial charge in [-0.1, -0.05) is 0 Å². The smallest absolute Gasteiger partial charge is 0.128 e. The number of hydrogen-bond acceptors (Lipinski definition) is 3. The van der Waals surface area contributed by atoms with E-state index in [0.717, 1.165) is 0 Å². The standard InChI is InChI=1S/C12H17FO3/c1-3-15-6-7-16-12-8-10(13)4-5-11(12)9(2)14/h4-5,8-9,14H,3,6-7H2,1-2H3/t9-/m0/s1. The molecule has 1 aromatic rings. The van der Waals surface area contributed by atoms with Crippen molar-refractivity contribution in [3.05, 3.63) is 29.6 Å². The van der Waals surface area contributed by atoms with Crippen LogP contribution in [0.25, 0.3) is 0 Å². The summed E-state index contributed by atoms with van der Waals surface area (Å²) in [6.45, 7) is 4.92. The second-order valence-electron chi connectivity index (χ2n) is 3.40. The van der Waals surface area contributed by atoms with Crippen molar-refractivity contribution in [3.63, 3.8) is 0 Å². The van der Waals surface area contributed by atoms with Gasteiger partial charge in [0.2, 0.25) is 0 Å². The minimum Gasteiger partial charge on any atom is -0.491 e. The molecule has 0 aliphatic heterocycles. The summed E-state index contributed by atoms with van der Waals surface area (Å²) in [5.41, 5.74) is 0.581. The molecule has 0 bridgehead atoms. The molecule has 16 heavy (non-hydrogen) atoms. The quantitative estimate of drug-likeness (QED) is 0.759. The van der Waals surface area contributed by atoms with E-state index in [1.807, 2.05) is 6.92 Å². The number of rotatable bonds is 6. The zero-order valence-electron chi connectivity index (χ0n) is 9.57. The van der Waals surface area contributed by atoms with Crippen LogP contribution in [0.15, 0.2) is 18.2 Å². The van der Waals surface area contributed by atoms with Gasteiger partial charge in [0, 0.05) is 18.2 Å². The highest BCUT2D eigenvalue weighted by atomic mass is 19.1. The minimum atomic E-state index is -0.678. The summed E-state index contributed by atoms with van der Waals surface area (Å²) in [7, 11) is 0. The van der Waals surface area contributed by atoms with E-state index in [-0.39, 0.29) is 5.82 Å². The first-order valence-corrected chi connectivity index (χ1v) is 5.33. The van der Waals surface area contributed by atoms with Crippen molar-refractivity contribution >= 4 is 0 Å². The molecule has 90 valence electrons. The van der Waals surface area contributed by atoms with Crippen LogP contribution in [-0.4, -0.2) is 24.9 Å². The monoisotopic (exact) mass is 228 g/mol. The molecule has 0 amide bonds. The average Bonchev–Trinajstić information content (AvgIpc) is 2.24. The Morgan fingerprint density at radius 2 is 2.12 bits per heavy atom. The molecule has 0 aliphatic rings. The normalized spacial score (nSPS) is 12.5. The third-order valence-corrected chi connectivity index (χ3v) is 2.12. The first-order chi connectivity index (χ1) is 7.65. The van der Waals surface area contributed by atoms with E-state index in [0.29, 0.717) is 31.1 Å². The van der Waals surface area contributed by atoms with E-state index in [9.17, 15) is 9.50 Å². The maximum Gasteiger partial charge on any atom is 0.128 e. The number of ether oxygens (including phenoxy) is 2. The van der Waals surface area contributed by atoms with Gasteiger partial charge in [-0.15, -0.1) is 0 Å². The van der Waals surface area contributed by atoms with E-state index in [1.54, 1.807) is 6.92 Å². The summed E-state index contributed by atoms with van der Waals surface area (Å²) in [5, 5.41) is 9.46. The van der Waals surface area contributed by atoms with E-state index in [4.69, 9.17) is 9.47 Å². The highest BCUT2D eigenvalue weighted by molar-refractivity contribution is 5.35. The molecule has 0 heterocycles. The van der Waals surface area contributed by atoms with Crippen LogP contribution in [0.1, 0.15) is 25.5 Å². The third-order valence-electron chi connectivity index (χ3n) is 2.12. The Balaban J connectivity index is 2.65. The van der Waals surface area contributed by atoms with Gasteiger partial charge >= 0.3 is 0 Å². The van der Waals surface area contributed by atoms with Gasteiger partial charge in [0.25, 0.3) is 0 Å². The molecule has 3 nitrogen and oxygen atoms in total. The lowest BCUT2D eigenvalue weighted by atomic mass is 10.1. The molecular formula is C12H17FO3. The Bertz CT molecular complexity index is 326. The largest absolute Gasteiger partial charge is 0.491 e. The number of benzene rings is 1. The Morgan fingerprint density at radius 1 is 1.38 bits per heavy atom. The van der Waals surface area contributed by atoms with Crippen LogP contribution in [0.5, 0.6) is 5.75 Å². The molecule has 1 atom stereocenters. The van der Waals surface area contributed by atoms with Gasteiger partial charge in [0.15, 0.2) is 0 Å². The number of hydrogen-bond donors (Lipinski definition) is 1. The summed E-state index contributed by atoms with van der Waals surface area (Å²) in [6, 6.07) is 4.10. The lowest BCUT2D eigenvalue weighted by Crippen LogP contribution is -2.08. The summed E-state index contributed by atoms with van der Waals surface area (Å²) in [5.74, 6) is -0.00878. The second kappa shape index (κ2) is 6.45. The summed E-state index contributed by atoms with van der Waals surface area (Å²) < 4.78 is 23.5. The van der Waals surface area contributed by atoms with Gasteiger partial charge < -0.3 is 14.6 Å². The van der Waals surface area contributed by atoms with E-state index < -0.39 is 6.10 Å². The molecule has 0 aromatic heterocycles. The Morgan fingerprint density at radius 3 is 2.75 bits per heavy atom. The highest BCUT2D eigenvalue weighted by Crippen LogP contribution is 2.25. The van der Waals surface area contributed by atoms with Gasteiger partial charge in [-0.2, -0.15) is 0 Å². The lowest BCUT2D eigenvalue weighted by molar-refractivity contribution is 0.107. The van der Waals surface area contributed by atoms with Gasteiger partial charge in [-0.25, -0.2) is 4.39 Å². The Hall–Kier alpha value is -1.13. The Labute approximate surface area is 94.8 Å². The molecule has 0 saturated heterocycles. The molecule has 0 aliphatic carbocycles. The fourth-order valence-corrected chi connectivity index (χ4v) is 1.33. The summed E-state index contributed by atoms with van der Waals surface area (Å²) in [4.78, 5) is 0. The zero-order valence-corrected chi connectivity index (χ0v) is 9.57. The molecular weight excluding hydrogens is 211 g/mol. The second-order valence-corrected chi connectivity index (χ2v) is 3.40. The molecule has 0 radical (unpaired) electrons. The molecule has 0 spiro atoms. The predicted molar refractivity (Wildman–Crippen MR) is 59.0 cm³/mol. The molecule has 0 saturated carbocycles. The maximum atomic E-state index is 13.0. The van der Waals surface area contributed by atoms with Gasteiger partial charge in [-0.3, -0.25) is 0 Å². The summed E-state index contributed by atoms with van der Waals surface area (Å²) >= 11 is 0. The maximum absolute atomic E-state index is 13.0. The number of halogens is 1. The van der Waals surface area contributed by atoms with Gasteiger partial charge in [0.1, 0.15) is 18.2 Å². The lowest BCUT2D eigenvalue weighted by Gasteiger charge is -2.13. The van der Waals surface area contributed by atoms with Crippen molar-refractivity contribution in [2.45, 2.75) is 20.0 Å². The molecule has 0 unspecified atom stereocenters. The van der Waals surface area contributed by atoms with E-state index >= 15 is 0 Å². The highest BCUT2D eigenvalue weighted by Gasteiger charge is 2.10. The number of aliphatic hydroxyl groups excluding tert-OH is 1. The van der Waals surface area contributed by atoms with E-state index in [2.05, 4.69) is 0 Å².